The zero-order valence-electron chi connectivity index (χ0n) is 15.0. The predicted molar refractivity (Wildman–Crippen MR) is 102 cm³/mol. The van der Waals surface area contributed by atoms with E-state index in [1.54, 1.807) is 17.0 Å². The first-order chi connectivity index (χ1) is 13.0. The third-order valence-electron chi connectivity index (χ3n) is 4.92. The summed E-state index contributed by atoms with van der Waals surface area (Å²) in [7, 11) is 0. The topological polar surface area (TPSA) is 49.8 Å². The van der Waals surface area contributed by atoms with Gasteiger partial charge in [-0.15, -0.1) is 0 Å². The van der Waals surface area contributed by atoms with Crippen LogP contribution < -0.4 is 0 Å². The highest BCUT2D eigenvalue weighted by Gasteiger charge is 2.33. The SMILES string of the molecule is O=C(OCc1ccccc1)N1CCC[C@](O)(Cc2ccc(Cl)cc2F)CC1. The summed E-state index contributed by atoms with van der Waals surface area (Å²) in [5.74, 6) is -0.417. The average molecular weight is 392 g/mol. The smallest absolute Gasteiger partial charge is 0.410 e. The van der Waals surface area contributed by atoms with Gasteiger partial charge in [-0.25, -0.2) is 9.18 Å². The van der Waals surface area contributed by atoms with Gasteiger partial charge in [-0.3, -0.25) is 0 Å². The molecule has 6 heteroatoms. The van der Waals surface area contributed by atoms with Crippen LogP contribution in [-0.4, -0.2) is 34.8 Å². The molecule has 1 aliphatic heterocycles. The summed E-state index contributed by atoms with van der Waals surface area (Å²) in [6.07, 6.45) is 1.31. The number of likely N-dealkylation sites (tertiary alicyclic amines) is 1. The molecule has 1 heterocycles. The van der Waals surface area contributed by atoms with Crippen molar-refractivity contribution in [3.8, 4) is 0 Å². The molecule has 0 aromatic heterocycles. The summed E-state index contributed by atoms with van der Waals surface area (Å²) in [5.41, 5.74) is 0.306. The Morgan fingerprint density at radius 1 is 1.19 bits per heavy atom. The minimum atomic E-state index is -1.05. The van der Waals surface area contributed by atoms with E-state index in [2.05, 4.69) is 0 Å². The van der Waals surface area contributed by atoms with Gasteiger partial charge in [0.1, 0.15) is 12.4 Å². The Balaban J connectivity index is 1.56. The summed E-state index contributed by atoms with van der Waals surface area (Å²) in [4.78, 5) is 13.9. The molecule has 27 heavy (non-hydrogen) atoms. The highest BCUT2D eigenvalue weighted by atomic mass is 35.5. The molecule has 0 spiro atoms. The fourth-order valence-electron chi connectivity index (χ4n) is 3.37. The summed E-state index contributed by atoms with van der Waals surface area (Å²) in [6.45, 7) is 1.11. The molecule has 2 aromatic rings. The van der Waals surface area contributed by atoms with Crippen molar-refractivity contribution in [3.63, 3.8) is 0 Å². The van der Waals surface area contributed by atoms with E-state index in [1.165, 1.54) is 6.07 Å². The van der Waals surface area contributed by atoms with E-state index in [0.717, 1.165) is 5.56 Å². The molecule has 0 saturated carbocycles. The average Bonchev–Trinajstić information content (AvgIpc) is 2.85. The van der Waals surface area contributed by atoms with Gasteiger partial charge >= 0.3 is 6.09 Å². The summed E-state index contributed by atoms with van der Waals surface area (Å²) >= 11 is 5.79. The highest BCUT2D eigenvalue weighted by Crippen LogP contribution is 2.28. The van der Waals surface area contributed by atoms with Gasteiger partial charge in [0.25, 0.3) is 0 Å². The first-order valence-corrected chi connectivity index (χ1v) is 9.45. The number of rotatable bonds is 4. The van der Waals surface area contributed by atoms with Crippen molar-refractivity contribution < 1.29 is 19.0 Å². The van der Waals surface area contributed by atoms with E-state index in [4.69, 9.17) is 16.3 Å². The van der Waals surface area contributed by atoms with Crippen LogP contribution in [-0.2, 0) is 17.8 Å². The Hall–Kier alpha value is -2.11. The number of nitrogens with zero attached hydrogens (tertiary/aromatic N) is 1. The Labute approximate surface area is 163 Å². The van der Waals surface area contributed by atoms with Crippen molar-refractivity contribution in [2.24, 2.45) is 0 Å². The second-order valence-electron chi connectivity index (χ2n) is 7.02. The third-order valence-corrected chi connectivity index (χ3v) is 5.15. The third kappa shape index (κ3) is 5.44. The maximum atomic E-state index is 14.1. The number of aliphatic hydroxyl groups is 1. The number of carbonyl (C=O) groups excluding carboxylic acids is 1. The standard InChI is InChI=1S/C21H23ClFNO3/c22-18-8-7-17(19(23)13-18)14-21(26)9-4-11-24(12-10-21)20(25)27-15-16-5-2-1-3-6-16/h1-3,5-8,13,26H,4,9-12,14-15H2/t21-/m1/s1. The number of amides is 1. The maximum Gasteiger partial charge on any atom is 0.410 e. The summed E-state index contributed by atoms with van der Waals surface area (Å²) in [5, 5.41) is 11.3. The molecule has 4 nitrogen and oxygen atoms in total. The van der Waals surface area contributed by atoms with Crippen LogP contribution in [0, 0.1) is 5.82 Å². The van der Waals surface area contributed by atoms with Gasteiger partial charge in [0.15, 0.2) is 0 Å². The fraction of sp³-hybridized carbons (Fsp3) is 0.381. The number of hydrogen-bond acceptors (Lipinski definition) is 3. The lowest BCUT2D eigenvalue weighted by Gasteiger charge is -2.27. The van der Waals surface area contributed by atoms with Crippen LogP contribution in [0.3, 0.4) is 0 Å². The normalized spacial score (nSPS) is 20.2. The lowest BCUT2D eigenvalue weighted by molar-refractivity contribution is 0.0244. The minimum absolute atomic E-state index is 0.197. The molecular weight excluding hydrogens is 369 g/mol. The van der Waals surface area contributed by atoms with Crippen molar-refractivity contribution in [1.82, 2.24) is 4.90 Å². The summed E-state index contributed by atoms with van der Waals surface area (Å²) < 4.78 is 19.4. The highest BCUT2D eigenvalue weighted by molar-refractivity contribution is 6.30. The van der Waals surface area contributed by atoms with Crippen molar-refractivity contribution in [2.75, 3.05) is 13.1 Å². The first-order valence-electron chi connectivity index (χ1n) is 9.07. The number of ether oxygens (including phenoxy) is 1. The van der Waals surface area contributed by atoms with Crippen LogP contribution in [0.25, 0.3) is 0 Å². The van der Waals surface area contributed by atoms with E-state index >= 15 is 0 Å². The summed E-state index contributed by atoms with van der Waals surface area (Å²) in [6, 6.07) is 14.0. The van der Waals surface area contributed by atoms with Crippen LogP contribution >= 0.6 is 11.6 Å². The maximum absolute atomic E-state index is 14.1. The molecule has 1 aliphatic rings. The van der Waals surface area contributed by atoms with Gasteiger partial charge in [-0.05, 0) is 42.5 Å². The molecule has 144 valence electrons. The molecule has 0 aliphatic carbocycles. The molecule has 1 fully saturated rings. The van der Waals surface area contributed by atoms with Crippen molar-refractivity contribution >= 4 is 17.7 Å². The van der Waals surface area contributed by atoms with Gasteiger partial charge in [0.05, 0.1) is 5.60 Å². The second-order valence-corrected chi connectivity index (χ2v) is 7.45. The molecule has 0 unspecified atom stereocenters. The predicted octanol–water partition coefficient (Wildman–Crippen LogP) is 4.58. The van der Waals surface area contributed by atoms with Crippen LogP contribution in [0.1, 0.15) is 30.4 Å². The van der Waals surface area contributed by atoms with Crippen molar-refractivity contribution in [3.05, 3.63) is 70.5 Å². The molecule has 0 radical (unpaired) electrons. The fourth-order valence-corrected chi connectivity index (χ4v) is 3.53. The first kappa shape index (κ1) is 19.6. The Bertz CT molecular complexity index is 786. The Kier molecular flexibility index (Phi) is 6.34. The van der Waals surface area contributed by atoms with Crippen LogP contribution in [0.15, 0.2) is 48.5 Å². The van der Waals surface area contributed by atoms with Gasteiger partial charge in [0.2, 0.25) is 0 Å². The zero-order valence-corrected chi connectivity index (χ0v) is 15.8. The van der Waals surface area contributed by atoms with E-state index < -0.39 is 11.4 Å². The quantitative estimate of drug-likeness (QED) is 0.830. The molecule has 1 N–H and O–H groups in total. The van der Waals surface area contributed by atoms with Crippen molar-refractivity contribution in [1.29, 1.82) is 0 Å². The zero-order chi connectivity index (χ0) is 19.3. The van der Waals surface area contributed by atoms with Gasteiger partial charge < -0.3 is 14.7 Å². The van der Waals surface area contributed by atoms with E-state index in [1.807, 2.05) is 30.3 Å². The molecule has 1 atom stereocenters. The molecule has 3 rings (SSSR count). The van der Waals surface area contributed by atoms with Crippen LogP contribution in [0.5, 0.6) is 0 Å². The molecule has 0 bridgehead atoms. The Morgan fingerprint density at radius 3 is 2.70 bits per heavy atom. The van der Waals surface area contributed by atoms with Crippen molar-refractivity contribution in [2.45, 2.75) is 37.9 Å². The lowest BCUT2D eigenvalue weighted by atomic mass is 9.87. The van der Waals surface area contributed by atoms with Crippen LogP contribution in [0.4, 0.5) is 9.18 Å². The molecule has 1 saturated heterocycles. The number of benzene rings is 2. The van der Waals surface area contributed by atoms with E-state index in [-0.39, 0.29) is 19.1 Å². The van der Waals surface area contributed by atoms with Gasteiger partial charge in [-0.1, -0.05) is 48.0 Å². The number of carbonyl (C=O) groups is 1. The monoisotopic (exact) mass is 391 g/mol. The Morgan fingerprint density at radius 2 is 1.96 bits per heavy atom. The van der Waals surface area contributed by atoms with E-state index in [0.29, 0.717) is 42.9 Å². The van der Waals surface area contributed by atoms with Gasteiger partial charge in [0, 0.05) is 24.5 Å². The molecule has 2 aromatic carbocycles. The minimum Gasteiger partial charge on any atom is -0.445 e. The number of halogens is 2. The van der Waals surface area contributed by atoms with E-state index in [9.17, 15) is 14.3 Å². The lowest BCUT2D eigenvalue weighted by Crippen LogP contribution is -2.36. The largest absolute Gasteiger partial charge is 0.445 e. The molecular formula is C21H23ClFNO3. The molecule has 1 amide bonds. The van der Waals surface area contributed by atoms with Crippen LogP contribution in [0.2, 0.25) is 5.02 Å². The second kappa shape index (κ2) is 8.72. The van der Waals surface area contributed by atoms with Gasteiger partial charge in [-0.2, -0.15) is 0 Å². The number of hydrogen-bond donors (Lipinski definition) is 1.